The summed E-state index contributed by atoms with van der Waals surface area (Å²) in [6.07, 6.45) is 4.00. The highest BCUT2D eigenvalue weighted by molar-refractivity contribution is 4.92. The quantitative estimate of drug-likeness (QED) is 0.273. The van der Waals surface area contributed by atoms with Crippen LogP contribution < -0.4 is 0 Å². The van der Waals surface area contributed by atoms with Gasteiger partial charge in [0.25, 0.3) is 0 Å². The highest BCUT2D eigenvalue weighted by Crippen LogP contribution is 1.96. The molecule has 0 heterocycles. The highest BCUT2D eigenvalue weighted by Gasteiger charge is 1.82. The van der Waals surface area contributed by atoms with Gasteiger partial charge in [0.2, 0.25) is 0 Å². The van der Waals surface area contributed by atoms with E-state index in [2.05, 4.69) is 24.8 Å². The van der Waals surface area contributed by atoms with Crippen molar-refractivity contribution < 1.29 is 10.1 Å². The largest absolute Gasteiger partial charge is 0.252 e. The summed E-state index contributed by atoms with van der Waals surface area (Å²) in [5, 5.41) is 7.91. The lowest BCUT2D eigenvalue weighted by molar-refractivity contribution is -0.242. The molecule has 0 aliphatic carbocycles. The molecule has 0 spiro atoms. The first-order chi connectivity index (χ1) is 4.27. The van der Waals surface area contributed by atoms with Gasteiger partial charge in [0.15, 0.2) is 0 Å². The smallest absolute Gasteiger partial charge is 0.0822 e. The van der Waals surface area contributed by atoms with Gasteiger partial charge in [-0.25, -0.2) is 4.89 Å². The van der Waals surface area contributed by atoms with Gasteiger partial charge in [-0.1, -0.05) is 11.6 Å². The predicted octanol–water partition coefficient (Wildman–Crippen LogP) is 2.22. The number of rotatable bonds is 4. The van der Waals surface area contributed by atoms with Gasteiger partial charge in [-0.05, 0) is 26.7 Å². The van der Waals surface area contributed by atoms with Crippen LogP contribution in [0.5, 0.6) is 0 Å². The topological polar surface area (TPSA) is 29.5 Å². The Morgan fingerprint density at radius 3 is 2.67 bits per heavy atom. The second-order valence-corrected chi connectivity index (χ2v) is 2.26. The molecule has 2 nitrogen and oxygen atoms in total. The molecule has 0 saturated heterocycles. The van der Waals surface area contributed by atoms with E-state index in [4.69, 9.17) is 5.26 Å². The molecule has 0 aromatic heterocycles. The Labute approximate surface area is 56.1 Å². The maximum absolute atomic E-state index is 7.91. The lowest BCUT2D eigenvalue weighted by atomic mass is 10.2. The fourth-order valence-electron chi connectivity index (χ4n) is 0.539. The summed E-state index contributed by atoms with van der Waals surface area (Å²) >= 11 is 0. The number of hydrogen-bond donors (Lipinski definition) is 1. The van der Waals surface area contributed by atoms with Crippen molar-refractivity contribution in [1.82, 2.24) is 0 Å². The molecule has 2 heteroatoms. The first kappa shape index (κ1) is 8.66. The molecule has 0 amide bonds. The van der Waals surface area contributed by atoms with E-state index in [0.29, 0.717) is 6.61 Å². The van der Waals surface area contributed by atoms with Crippen LogP contribution in [0, 0.1) is 0 Å². The lowest BCUT2D eigenvalue weighted by Crippen LogP contribution is -1.86. The third-order valence-electron chi connectivity index (χ3n) is 0.992. The monoisotopic (exact) mass is 130 g/mol. The van der Waals surface area contributed by atoms with Crippen molar-refractivity contribution in [2.45, 2.75) is 26.7 Å². The molecule has 0 unspecified atom stereocenters. The van der Waals surface area contributed by atoms with Crippen molar-refractivity contribution in [3.63, 3.8) is 0 Å². The van der Waals surface area contributed by atoms with Gasteiger partial charge in [0, 0.05) is 0 Å². The van der Waals surface area contributed by atoms with Crippen LogP contribution in [0.15, 0.2) is 11.6 Å². The molecular formula is C7H14O2. The third kappa shape index (κ3) is 7.66. The van der Waals surface area contributed by atoms with Crippen LogP contribution in [0.2, 0.25) is 0 Å². The summed E-state index contributed by atoms with van der Waals surface area (Å²) in [6, 6.07) is 0. The number of unbranched alkanes of at least 4 members (excludes halogenated alkanes) is 1. The maximum atomic E-state index is 7.91. The first-order valence-electron chi connectivity index (χ1n) is 3.17. The van der Waals surface area contributed by atoms with Crippen LogP contribution in [-0.2, 0) is 4.89 Å². The van der Waals surface area contributed by atoms with Crippen molar-refractivity contribution in [1.29, 1.82) is 0 Å². The average molecular weight is 130 g/mol. The fourth-order valence-corrected chi connectivity index (χ4v) is 0.539. The van der Waals surface area contributed by atoms with Crippen molar-refractivity contribution in [2.24, 2.45) is 0 Å². The Balaban J connectivity index is 3.00. The van der Waals surface area contributed by atoms with Crippen LogP contribution in [0.4, 0.5) is 0 Å². The van der Waals surface area contributed by atoms with Crippen molar-refractivity contribution in [3.05, 3.63) is 11.6 Å². The Hall–Kier alpha value is -0.340. The van der Waals surface area contributed by atoms with Gasteiger partial charge in [0.05, 0.1) is 6.61 Å². The van der Waals surface area contributed by atoms with Crippen molar-refractivity contribution >= 4 is 0 Å². The van der Waals surface area contributed by atoms with E-state index in [9.17, 15) is 0 Å². The summed E-state index contributed by atoms with van der Waals surface area (Å²) in [6.45, 7) is 4.55. The minimum atomic E-state index is 0.434. The van der Waals surface area contributed by atoms with Gasteiger partial charge >= 0.3 is 0 Å². The van der Waals surface area contributed by atoms with Gasteiger partial charge in [-0.15, -0.1) is 0 Å². The second-order valence-electron chi connectivity index (χ2n) is 2.26. The van der Waals surface area contributed by atoms with Gasteiger partial charge in [0.1, 0.15) is 0 Å². The molecule has 0 aromatic rings. The zero-order valence-electron chi connectivity index (χ0n) is 6.05. The SMILES string of the molecule is CC(C)=CCCCOO. The summed E-state index contributed by atoms with van der Waals surface area (Å²) in [7, 11) is 0. The van der Waals surface area contributed by atoms with Crippen LogP contribution in [-0.4, -0.2) is 11.9 Å². The molecule has 0 rings (SSSR count). The summed E-state index contributed by atoms with van der Waals surface area (Å²) < 4.78 is 0. The van der Waals surface area contributed by atoms with E-state index >= 15 is 0 Å². The molecule has 0 aliphatic heterocycles. The normalized spacial score (nSPS) is 9.22. The van der Waals surface area contributed by atoms with Crippen LogP contribution >= 0.6 is 0 Å². The average Bonchev–Trinajstić information content (AvgIpc) is 1.80. The van der Waals surface area contributed by atoms with Gasteiger partial charge in [-0.2, -0.15) is 0 Å². The molecule has 0 bridgehead atoms. The first-order valence-corrected chi connectivity index (χ1v) is 3.17. The minimum Gasteiger partial charge on any atom is -0.252 e. The van der Waals surface area contributed by atoms with Crippen LogP contribution in [0.1, 0.15) is 26.7 Å². The highest BCUT2D eigenvalue weighted by atomic mass is 17.1. The molecule has 0 atom stereocenters. The molecular weight excluding hydrogens is 116 g/mol. The molecule has 0 radical (unpaired) electrons. The van der Waals surface area contributed by atoms with Crippen molar-refractivity contribution in [3.8, 4) is 0 Å². The minimum absolute atomic E-state index is 0.434. The number of hydrogen-bond acceptors (Lipinski definition) is 2. The standard InChI is InChI=1S/C7H14O2/c1-7(2)5-3-4-6-9-8/h5,8H,3-4,6H2,1-2H3. The van der Waals surface area contributed by atoms with E-state index in [-0.39, 0.29) is 0 Å². The van der Waals surface area contributed by atoms with E-state index in [1.165, 1.54) is 5.57 Å². The molecule has 54 valence electrons. The van der Waals surface area contributed by atoms with E-state index in [1.54, 1.807) is 0 Å². The zero-order chi connectivity index (χ0) is 7.11. The lowest BCUT2D eigenvalue weighted by Gasteiger charge is -1.92. The molecule has 1 N–H and O–H groups in total. The molecule has 0 fully saturated rings. The summed E-state index contributed by atoms with van der Waals surface area (Å²) in [5.74, 6) is 0. The molecule has 0 saturated carbocycles. The Bertz CT molecular complexity index is 82.9. The zero-order valence-corrected chi connectivity index (χ0v) is 6.05. The molecule has 9 heavy (non-hydrogen) atoms. The Kier molecular flexibility index (Phi) is 5.57. The van der Waals surface area contributed by atoms with E-state index in [1.807, 2.05) is 0 Å². The number of allylic oxidation sites excluding steroid dienone is 2. The second kappa shape index (κ2) is 5.79. The third-order valence-corrected chi connectivity index (χ3v) is 0.992. The molecule has 0 aliphatic rings. The van der Waals surface area contributed by atoms with E-state index in [0.717, 1.165) is 12.8 Å². The van der Waals surface area contributed by atoms with Gasteiger partial charge < -0.3 is 0 Å². The molecule has 0 aromatic carbocycles. The summed E-state index contributed by atoms with van der Waals surface area (Å²) in [4.78, 5) is 3.89. The van der Waals surface area contributed by atoms with Crippen LogP contribution in [0.3, 0.4) is 0 Å². The van der Waals surface area contributed by atoms with Gasteiger partial charge in [-0.3, -0.25) is 5.26 Å². The Morgan fingerprint density at radius 2 is 2.22 bits per heavy atom. The van der Waals surface area contributed by atoms with Crippen molar-refractivity contribution in [2.75, 3.05) is 6.61 Å². The maximum Gasteiger partial charge on any atom is 0.0822 e. The van der Waals surface area contributed by atoms with E-state index < -0.39 is 0 Å². The fraction of sp³-hybridized carbons (Fsp3) is 0.714. The van der Waals surface area contributed by atoms with Crippen LogP contribution in [0.25, 0.3) is 0 Å². The predicted molar refractivity (Wildman–Crippen MR) is 37.2 cm³/mol. The Morgan fingerprint density at radius 1 is 1.56 bits per heavy atom. The summed E-state index contributed by atoms with van der Waals surface area (Å²) in [5.41, 5.74) is 1.31.